The average molecular weight is 446 g/mol. The van der Waals surface area contributed by atoms with Gasteiger partial charge in [0.25, 0.3) is 5.91 Å². The van der Waals surface area contributed by atoms with Crippen molar-refractivity contribution in [3.63, 3.8) is 0 Å². The van der Waals surface area contributed by atoms with Crippen LogP contribution in [0, 0.1) is 19.7 Å². The molecule has 1 atom stereocenters. The summed E-state index contributed by atoms with van der Waals surface area (Å²) in [5.41, 5.74) is 3.72. The van der Waals surface area contributed by atoms with Crippen LogP contribution in [0.3, 0.4) is 0 Å². The van der Waals surface area contributed by atoms with Gasteiger partial charge in [0.1, 0.15) is 11.4 Å². The van der Waals surface area contributed by atoms with Gasteiger partial charge in [0.05, 0.1) is 17.0 Å². The lowest BCUT2D eigenvalue weighted by molar-refractivity contribution is 0.0971. The number of carbonyl (C=O) groups excluding carboxylic acids is 1. The van der Waals surface area contributed by atoms with Crippen LogP contribution in [0.5, 0.6) is 0 Å². The SMILES string of the molecule is CSc1ccc([C@H]2c3c(oc4cc(C)c(C)cc4c3=O)C(=O)N2c2ccc(F)cc2)cc1. The number of benzene rings is 3. The third-order valence-corrected chi connectivity index (χ3v) is 6.77. The lowest BCUT2D eigenvalue weighted by atomic mass is 9.97. The number of thioether (sulfide) groups is 1. The molecular formula is C26H20FNO3S. The van der Waals surface area contributed by atoms with E-state index >= 15 is 0 Å². The van der Waals surface area contributed by atoms with Gasteiger partial charge in [0.2, 0.25) is 5.76 Å². The molecule has 4 nitrogen and oxygen atoms in total. The molecule has 0 radical (unpaired) electrons. The van der Waals surface area contributed by atoms with Crippen LogP contribution >= 0.6 is 11.8 Å². The number of fused-ring (bicyclic) bond motifs is 2. The van der Waals surface area contributed by atoms with Crippen molar-refractivity contribution >= 4 is 34.3 Å². The molecule has 0 N–H and O–H groups in total. The number of hydrogen-bond donors (Lipinski definition) is 0. The molecule has 0 bridgehead atoms. The number of anilines is 1. The fraction of sp³-hybridized carbons (Fsp3) is 0.154. The van der Waals surface area contributed by atoms with E-state index in [9.17, 15) is 14.0 Å². The minimum absolute atomic E-state index is 0.0361. The molecule has 1 aromatic heterocycles. The number of nitrogens with zero attached hydrogens (tertiary/aromatic N) is 1. The Morgan fingerprint density at radius 2 is 1.59 bits per heavy atom. The van der Waals surface area contributed by atoms with Crippen LogP contribution in [0.15, 0.2) is 74.8 Å². The summed E-state index contributed by atoms with van der Waals surface area (Å²) in [6.45, 7) is 3.88. The van der Waals surface area contributed by atoms with Gasteiger partial charge in [0, 0.05) is 10.6 Å². The quantitative estimate of drug-likeness (QED) is 0.362. The van der Waals surface area contributed by atoms with Crippen LogP contribution in [0.2, 0.25) is 0 Å². The Labute approximate surface area is 188 Å². The summed E-state index contributed by atoms with van der Waals surface area (Å²) >= 11 is 1.61. The van der Waals surface area contributed by atoms with Gasteiger partial charge in [-0.15, -0.1) is 11.8 Å². The van der Waals surface area contributed by atoms with Crippen LogP contribution in [0.25, 0.3) is 11.0 Å². The van der Waals surface area contributed by atoms with Crippen molar-refractivity contribution in [3.05, 3.63) is 105 Å². The van der Waals surface area contributed by atoms with E-state index in [-0.39, 0.29) is 11.2 Å². The molecular weight excluding hydrogens is 425 g/mol. The van der Waals surface area contributed by atoms with Gasteiger partial charge in [-0.25, -0.2) is 4.39 Å². The van der Waals surface area contributed by atoms with E-state index in [1.165, 1.54) is 17.0 Å². The highest BCUT2D eigenvalue weighted by atomic mass is 32.2. The molecule has 2 heterocycles. The third-order valence-electron chi connectivity index (χ3n) is 6.02. The van der Waals surface area contributed by atoms with Crippen LogP contribution in [-0.2, 0) is 0 Å². The summed E-state index contributed by atoms with van der Waals surface area (Å²) in [5.74, 6) is -0.776. The molecule has 1 aliphatic heterocycles. The molecule has 0 saturated carbocycles. The van der Waals surface area contributed by atoms with Crippen molar-refractivity contribution in [1.82, 2.24) is 0 Å². The molecule has 0 spiro atoms. The predicted molar refractivity (Wildman–Crippen MR) is 125 cm³/mol. The highest BCUT2D eigenvalue weighted by molar-refractivity contribution is 7.98. The van der Waals surface area contributed by atoms with E-state index < -0.39 is 17.8 Å². The number of hydrogen-bond acceptors (Lipinski definition) is 4. The van der Waals surface area contributed by atoms with E-state index in [1.54, 1.807) is 30.0 Å². The fourth-order valence-corrected chi connectivity index (χ4v) is 4.61. The molecule has 6 heteroatoms. The predicted octanol–water partition coefficient (Wildman–Crippen LogP) is 6.02. The van der Waals surface area contributed by atoms with E-state index in [0.717, 1.165) is 21.6 Å². The minimum Gasteiger partial charge on any atom is -0.450 e. The van der Waals surface area contributed by atoms with Gasteiger partial charge in [-0.1, -0.05) is 12.1 Å². The van der Waals surface area contributed by atoms with Crippen molar-refractivity contribution < 1.29 is 13.6 Å². The Kier molecular flexibility index (Phi) is 4.90. The van der Waals surface area contributed by atoms with Gasteiger partial charge in [-0.05, 0) is 85.3 Å². The highest BCUT2D eigenvalue weighted by Gasteiger charge is 2.43. The maximum absolute atomic E-state index is 13.7. The fourth-order valence-electron chi connectivity index (χ4n) is 4.20. The molecule has 3 aromatic carbocycles. The van der Waals surface area contributed by atoms with E-state index in [4.69, 9.17) is 4.42 Å². The molecule has 0 unspecified atom stereocenters. The van der Waals surface area contributed by atoms with Gasteiger partial charge in [0.15, 0.2) is 5.43 Å². The second-order valence-electron chi connectivity index (χ2n) is 7.93. The Balaban J connectivity index is 1.80. The topological polar surface area (TPSA) is 50.5 Å². The summed E-state index contributed by atoms with van der Waals surface area (Å²) in [7, 11) is 0. The lowest BCUT2D eigenvalue weighted by Crippen LogP contribution is -2.29. The van der Waals surface area contributed by atoms with Crippen molar-refractivity contribution in [3.8, 4) is 0 Å². The molecule has 5 rings (SSSR count). The number of aryl methyl sites for hydroxylation is 2. The van der Waals surface area contributed by atoms with Crippen LogP contribution in [0.1, 0.15) is 38.9 Å². The Morgan fingerprint density at radius 1 is 0.938 bits per heavy atom. The minimum atomic E-state index is -0.666. The highest BCUT2D eigenvalue weighted by Crippen LogP contribution is 2.41. The van der Waals surface area contributed by atoms with Crippen molar-refractivity contribution in [1.29, 1.82) is 0 Å². The lowest BCUT2D eigenvalue weighted by Gasteiger charge is -2.25. The zero-order chi connectivity index (χ0) is 22.6. The molecule has 0 fully saturated rings. The first-order chi connectivity index (χ1) is 15.4. The summed E-state index contributed by atoms with van der Waals surface area (Å²) in [5, 5.41) is 0.450. The van der Waals surface area contributed by atoms with E-state index in [2.05, 4.69) is 0 Å². The van der Waals surface area contributed by atoms with Gasteiger partial charge in [-0.2, -0.15) is 0 Å². The van der Waals surface area contributed by atoms with Crippen molar-refractivity contribution in [2.24, 2.45) is 0 Å². The molecule has 1 aliphatic rings. The zero-order valence-corrected chi connectivity index (χ0v) is 18.6. The normalized spacial score (nSPS) is 15.4. The Morgan fingerprint density at radius 3 is 2.25 bits per heavy atom. The van der Waals surface area contributed by atoms with Crippen LogP contribution in [-0.4, -0.2) is 12.2 Å². The van der Waals surface area contributed by atoms with Crippen molar-refractivity contribution in [2.45, 2.75) is 24.8 Å². The average Bonchev–Trinajstić information content (AvgIpc) is 3.08. The van der Waals surface area contributed by atoms with Gasteiger partial charge in [-0.3, -0.25) is 14.5 Å². The molecule has 32 heavy (non-hydrogen) atoms. The summed E-state index contributed by atoms with van der Waals surface area (Å²) in [6, 6.07) is 16.4. The first-order valence-corrected chi connectivity index (χ1v) is 11.4. The zero-order valence-electron chi connectivity index (χ0n) is 17.8. The smallest absolute Gasteiger partial charge is 0.295 e. The maximum Gasteiger partial charge on any atom is 0.295 e. The monoisotopic (exact) mass is 445 g/mol. The molecule has 0 aliphatic carbocycles. The Bertz CT molecular complexity index is 1430. The van der Waals surface area contributed by atoms with Gasteiger partial charge < -0.3 is 4.42 Å². The number of carbonyl (C=O) groups is 1. The molecule has 1 amide bonds. The number of halogens is 1. The molecule has 0 saturated heterocycles. The second-order valence-corrected chi connectivity index (χ2v) is 8.81. The first kappa shape index (κ1) is 20.5. The Hall–Kier alpha value is -3.38. The largest absolute Gasteiger partial charge is 0.450 e. The van der Waals surface area contributed by atoms with Gasteiger partial charge >= 0.3 is 0 Å². The first-order valence-electron chi connectivity index (χ1n) is 10.2. The number of amides is 1. The third kappa shape index (κ3) is 3.14. The van der Waals surface area contributed by atoms with E-state index in [1.807, 2.05) is 50.4 Å². The van der Waals surface area contributed by atoms with Crippen LogP contribution < -0.4 is 10.3 Å². The standard InChI is InChI=1S/C26H20FNO3S/c1-14-12-20-21(13-15(14)2)31-25-22(24(20)29)23(16-4-10-19(32-3)11-5-16)28(26(25)30)18-8-6-17(27)7-9-18/h4-13,23H,1-3H3/t23-/m0/s1. The number of rotatable bonds is 3. The maximum atomic E-state index is 13.7. The van der Waals surface area contributed by atoms with Crippen molar-refractivity contribution in [2.75, 3.05) is 11.2 Å². The summed E-state index contributed by atoms with van der Waals surface area (Å²) < 4.78 is 19.6. The van der Waals surface area contributed by atoms with Crippen LogP contribution in [0.4, 0.5) is 10.1 Å². The second kappa shape index (κ2) is 7.64. The molecule has 160 valence electrons. The summed E-state index contributed by atoms with van der Waals surface area (Å²) in [4.78, 5) is 29.8. The van der Waals surface area contributed by atoms with E-state index in [0.29, 0.717) is 22.2 Å². The molecule has 4 aromatic rings. The summed E-state index contributed by atoms with van der Waals surface area (Å²) in [6.07, 6.45) is 1.99.